The second-order valence-corrected chi connectivity index (χ2v) is 4.97. The smallest absolute Gasteiger partial charge is 0.251 e. The summed E-state index contributed by atoms with van der Waals surface area (Å²) in [6, 6.07) is 6.61. The summed E-state index contributed by atoms with van der Waals surface area (Å²) < 4.78 is 0. The minimum absolute atomic E-state index is 0. The normalized spacial score (nSPS) is 12.8. The van der Waals surface area contributed by atoms with Crippen molar-refractivity contribution in [3.8, 4) is 0 Å². The molecule has 0 spiro atoms. The van der Waals surface area contributed by atoms with Gasteiger partial charge in [0, 0.05) is 23.8 Å². The van der Waals surface area contributed by atoms with Crippen molar-refractivity contribution in [3.63, 3.8) is 0 Å². The molecule has 21 heavy (non-hydrogen) atoms. The van der Waals surface area contributed by atoms with E-state index in [0.29, 0.717) is 17.8 Å². The van der Waals surface area contributed by atoms with Crippen LogP contribution in [0.1, 0.15) is 37.6 Å². The van der Waals surface area contributed by atoms with Crippen molar-refractivity contribution in [2.24, 2.45) is 11.7 Å². The van der Waals surface area contributed by atoms with Crippen LogP contribution >= 0.6 is 12.4 Å². The zero-order valence-electron chi connectivity index (χ0n) is 12.7. The van der Waals surface area contributed by atoms with Crippen LogP contribution < -0.4 is 16.4 Å². The summed E-state index contributed by atoms with van der Waals surface area (Å²) in [5, 5.41) is 5.58. The molecule has 0 saturated heterocycles. The molecule has 1 aromatic rings. The highest BCUT2D eigenvalue weighted by atomic mass is 35.5. The number of carbonyl (C=O) groups is 2. The summed E-state index contributed by atoms with van der Waals surface area (Å²) in [6.45, 7) is 6.24. The highest BCUT2D eigenvalue weighted by Gasteiger charge is 2.17. The van der Waals surface area contributed by atoms with E-state index in [4.69, 9.17) is 5.73 Å². The maximum atomic E-state index is 11.8. The second kappa shape index (κ2) is 9.37. The number of amides is 2. The first-order chi connectivity index (χ1) is 9.45. The number of nitrogens with two attached hydrogens (primary N) is 1. The Balaban J connectivity index is 0.00000400. The third-order valence-corrected chi connectivity index (χ3v) is 3.15. The molecule has 0 aliphatic carbocycles. The highest BCUT2D eigenvalue weighted by molar-refractivity contribution is 5.96. The summed E-state index contributed by atoms with van der Waals surface area (Å²) in [4.78, 5) is 23.6. The maximum Gasteiger partial charge on any atom is 0.251 e. The lowest BCUT2D eigenvalue weighted by atomic mass is 10.0. The summed E-state index contributed by atoms with van der Waals surface area (Å²) >= 11 is 0. The molecule has 1 aromatic carbocycles. The van der Waals surface area contributed by atoms with E-state index >= 15 is 0 Å². The van der Waals surface area contributed by atoms with Gasteiger partial charge in [-0.15, -0.1) is 12.4 Å². The van der Waals surface area contributed by atoms with Crippen molar-refractivity contribution in [1.29, 1.82) is 0 Å². The Morgan fingerprint density at radius 2 is 1.76 bits per heavy atom. The minimum atomic E-state index is -0.262. The molecule has 0 bridgehead atoms. The summed E-state index contributed by atoms with van der Waals surface area (Å²) in [6.07, 6.45) is 0.898. The van der Waals surface area contributed by atoms with Gasteiger partial charge in [-0.2, -0.15) is 0 Å². The average Bonchev–Trinajstić information content (AvgIpc) is 2.44. The molecular formula is C15H24ClN3O2. The summed E-state index contributed by atoms with van der Waals surface area (Å²) in [5.74, 6) is -0.487. The van der Waals surface area contributed by atoms with Crippen LogP contribution in [0.3, 0.4) is 0 Å². The van der Waals surface area contributed by atoms with Crippen molar-refractivity contribution in [1.82, 2.24) is 5.32 Å². The van der Waals surface area contributed by atoms with E-state index in [9.17, 15) is 9.59 Å². The van der Waals surface area contributed by atoms with Crippen molar-refractivity contribution in [3.05, 3.63) is 29.8 Å². The summed E-state index contributed by atoms with van der Waals surface area (Å²) in [7, 11) is 0. The predicted molar refractivity (Wildman–Crippen MR) is 87.8 cm³/mol. The third kappa shape index (κ3) is 6.14. The molecule has 1 rings (SSSR count). The molecule has 0 heterocycles. The average molecular weight is 314 g/mol. The Kier molecular flexibility index (Phi) is 8.66. The first kappa shape index (κ1) is 19.4. The molecule has 2 amide bonds. The number of nitrogens with one attached hydrogen (secondary N) is 2. The number of carbonyl (C=O) groups excluding carboxylic acids is 2. The molecule has 0 aromatic heterocycles. The van der Waals surface area contributed by atoms with Gasteiger partial charge in [0.15, 0.2) is 0 Å². The van der Waals surface area contributed by atoms with E-state index in [0.717, 1.165) is 6.42 Å². The molecule has 0 radical (unpaired) electrons. The van der Waals surface area contributed by atoms with Crippen LogP contribution in [-0.4, -0.2) is 24.4 Å². The lowest BCUT2D eigenvalue weighted by molar-refractivity contribution is -0.119. The van der Waals surface area contributed by atoms with Gasteiger partial charge in [0.25, 0.3) is 5.91 Å². The van der Waals surface area contributed by atoms with Crippen molar-refractivity contribution >= 4 is 29.9 Å². The zero-order chi connectivity index (χ0) is 15.1. The minimum Gasteiger partial charge on any atom is -0.352 e. The molecule has 0 saturated carbocycles. The fraction of sp³-hybridized carbons (Fsp3) is 0.467. The Hall–Kier alpha value is -1.59. The molecule has 4 N–H and O–H groups in total. The van der Waals surface area contributed by atoms with E-state index in [1.165, 1.54) is 0 Å². The van der Waals surface area contributed by atoms with Gasteiger partial charge in [0.05, 0.1) is 5.92 Å². The predicted octanol–water partition coefficient (Wildman–Crippen LogP) is 2.17. The van der Waals surface area contributed by atoms with E-state index < -0.39 is 0 Å². The number of hydrogen-bond acceptors (Lipinski definition) is 3. The van der Waals surface area contributed by atoms with Gasteiger partial charge in [-0.25, -0.2) is 0 Å². The first-order valence-electron chi connectivity index (χ1n) is 6.90. The maximum absolute atomic E-state index is 11.8. The number of hydrogen-bond donors (Lipinski definition) is 3. The number of benzene rings is 1. The van der Waals surface area contributed by atoms with Crippen molar-refractivity contribution < 1.29 is 9.59 Å². The molecule has 2 unspecified atom stereocenters. The molecule has 0 fully saturated rings. The fourth-order valence-electron chi connectivity index (χ4n) is 1.54. The van der Waals surface area contributed by atoms with Gasteiger partial charge in [-0.3, -0.25) is 9.59 Å². The van der Waals surface area contributed by atoms with Crippen LogP contribution in [0.2, 0.25) is 0 Å². The van der Waals surface area contributed by atoms with Gasteiger partial charge in [0.1, 0.15) is 0 Å². The van der Waals surface area contributed by atoms with Gasteiger partial charge in [0.2, 0.25) is 5.91 Å². The van der Waals surface area contributed by atoms with Crippen LogP contribution in [0.15, 0.2) is 24.3 Å². The van der Waals surface area contributed by atoms with Crippen molar-refractivity contribution in [2.75, 3.05) is 11.9 Å². The molecule has 0 aliphatic heterocycles. The lowest BCUT2D eigenvalue weighted by Gasteiger charge is -2.15. The molecule has 5 nitrogen and oxygen atoms in total. The zero-order valence-corrected chi connectivity index (χ0v) is 13.5. The van der Waals surface area contributed by atoms with Gasteiger partial charge in [-0.05, 0) is 37.6 Å². The monoisotopic (exact) mass is 313 g/mol. The Labute approximate surface area is 132 Å². The van der Waals surface area contributed by atoms with Crippen LogP contribution in [0.4, 0.5) is 5.69 Å². The van der Waals surface area contributed by atoms with Crippen LogP contribution in [0, 0.1) is 5.92 Å². The quantitative estimate of drug-likeness (QED) is 0.752. The van der Waals surface area contributed by atoms with E-state index in [1.54, 1.807) is 38.1 Å². The van der Waals surface area contributed by atoms with Crippen LogP contribution in [0.5, 0.6) is 0 Å². The van der Waals surface area contributed by atoms with E-state index in [-0.39, 0.29) is 36.2 Å². The molecule has 6 heteroatoms. The molecule has 0 aliphatic rings. The third-order valence-electron chi connectivity index (χ3n) is 3.15. The topological polar surface area (TPSA) is 84.2 Å². The van der Waals surface area contributed by atoms with Gasteiger partial charge >= 0.3 is 0 Å². The number of rotatable bonds is 6. The van der Waals surface area contributed by atoms with E-state index in [2.05, 4.69) is 10.6 Å². The standard InChI is InChI=1S/C15H23N3O2.ClH/c1-4-9-17-15(20)12-5-7-13(8-6-12)18-14(19)10(2)11(3)16;/h5-8,10-11H,4,9,16H2,1-3H3,(H,17,20)(H,18,19);1H. The highest BCUT2D eigenvalue weighted by Crippen LogP contribution is 2.12. The number of anilines is 1. The second-order valence-electron chi connectivity index (χ2n) is 4.97. The lowest BCUT2D eigenvalue weighted by Crippen LogP contribution is -2.34. The Bertz CT molecular complexity index is 460. The van der Waals surface area contributed by atoms with Crippen molar-refractivity contribution in [2.45, 2.75) is 33.2 Å². The first-order valence-corrected chi connectivity index (χ1v) is 6.90. The van der Waals surface area contributed by atoms with Gasteiger partial charge in [-0.1, -0.05) is 13.8 Å². The molecule has 2 atom stereocenters. The molecular weight excluding hydrogens is 290 g/mol. The Morgan fingerprint density at radius 1 is 1.19 bits per heavy atom. The van der Waals surface area contributed by atoms with Gasteiger partial charge < -0.3 is 16.4 Å². The Morgan fingerprint density at radius 3 is 2.24 bits per heavy atom. The van der Waals surface area contributed by atoms with E-state index in [1.807, 2.05) is 6.92 Å². The molecule has 118 valence electrons. The summed E-state index contributed by atoms with van der Waals surface area (Å²) in [5.41, 5.74) is 6.93. The largest absolute Gasteiger partial charge is 0.352 e. The number of halogens is 1. The fourth-order valence-corrected chi connectivity index (χ4v) is 1.54. The van der Waals surface area contributed by atoms with Crippen LogP contribution in [-0.2, 0) is 4.79 Å². The SMILES string of the molecule is CCCNC(=O)c1ccc(NC(=O)C(C)C(C)N)cc1.Cl. The van der Waals surface area contributed by atoms with Crippen LogP contribution in [0.25, 0.3) is 0 Å².